The molecule has 17 atom stereocenters. The van der Waals surface area contributed by atoms with Crippen molar-refractivity contribution in [1.82, 2.24) is 85.1 Å². The second-order valence-electron chi connectivity index (χ2n) is 36.7. The standard InChI is InChI=1S/C89H147N19O31/c1-14-49(10)71(93-50(11)109)85(137)106-70(48(8)9)84(136)99-55(29-33-65(114)115)76(128)100-57(39-45(2)3)77(129)98-56(30-34-66(116)117)82(134)107-88(12)35-21-17-15-16-18-22-36-89(13,108-83(135)62(44-69(122)123)103-78(130)58(40-46(4)5)101-81(133)61(43-68(120)121)105-87(88)139)86(138)104-59(41-47(6)7)79(131)96-53(26-20-24-38-91)74(126)102-60(42-67(118)119)80(132)97-54(28-32-64(112)113)75(127)95-52(25-19-23-37-90)73(125)94-51(72(92)124)27-31-63(110)111/h15-16,45-49,51-62,70-71H,14,17-44,90-91H2,1-13H3,(H2,92,124)(H,93,109)(H,94,125)(H,95,127)(H,96,131)(H,97,132)(H,98,129)(H,99,136)(H,100,128)(H,101,133)(H,102,126)(H,103,130)(H,104,138)(H,105,139)(H,106,137)(H,107,134)(H,108,135)(H,110,111)(H,112,113)(H,114,115)(H,116,117)(H,118,119)(H,120,121)(H,122,123)/b16-15-/t49-,51-,52-,53-,54-,55-,56-,57-,58-,59-,60-,61-,62-,70-,71-,88+,89+/m0/s1. The molecule has 29 N–H and O–H groups in total. The number of rotatable bonds is 59. The van der Waals surface area contributed by atoms with E-state index in [0.717, 1.165) is 6.92 Å². The summed E-state index contributed by atoms with van der Waals surface area (Å²) >= 11 is 0. The molecule has 0 saturated carbocycles. The van der Waals surface area contributed by atoms with Crippen molar-refractivity contribution in [1.29, 1.82) is 0 Å². The van der Waals surface area contributed by atoms with Crippen molar-refractivity contribution < 1.29 is 151 Å². The highest BCUT2D eigenvalue weighted by Crippen LogP contribution is 2.23. The first-order chi connectivity index (χ1) is 64.8. The lowest BCUT2D eigenvalue weighted by Gasteiger charge is -2.34. The second kappa shape index (κ2) is 62.7. The molecule has 0 aromatic carbocycles. The van der Waals surface area contributed by atoms with E-state index in [4.69, 9.17) is 17.2 Å². The molecule has 0 spiro atoms. The molecule has 0 unspecified atom stereocenters. The fraction of sp³-hybridized carbons (Fsp3) is 0.708. The number of nitrogens with one attached hydrogen (secondary N) is 16. The van der Waals surface area contributed by atoms with Gasteiger partial charge >= 0.3 is 41.8 Å². The molecule has 1 heterocycles. The lowest BCUT2D eigenvalue weighted by Crippen LogP contribution is -2.65. The predicted molar refractivity (Wildman–Crippen MR) is 495 cm³/mol. The van der Waals surface area contributed by atoms with Crippen LogP contribution in [0.2, 0.25) is 0 Å². The highest BCUT2D eigenvalue weighted by Gasteiger charge is 2.45. The Balaban J connectivity index is 4.19. The van der Waals surface area contributed by atoms with Crippen LogP contribution in [-0.2, 0) is 115 Å². The van der Waals surface area contributed by atoms with Crippen LogP contribution >= 0.6 is 0 Å². The fourth-order valence-corrected chi connectivity index (χ4v) is 14.6. The molecular formula is C89H147N19O31. The van der Waals surface area contributed by atoms with E-state index in [1.54, 1.807) is 81.4 Å². The topological polar surface area (TPSA) is 822 Å². The zero-order valence-corrected chi connectivity index (χ0v) is 81.3. The maximum Gasteiger partial charge on any atom is 0.305 e. The first-order valence-electron chi connectivity index (χ1n) is 46.6. The summed E-state index contributed by atoms with van der Waals surface area (Å²) in [6.07, 6.45) is -7.17. The van der Waals surface area contributed by atoms with Crippen LogP contribution in [0.3, 0.4) is 0 Å². The Hall–Kier alpha value is -13.1. The van der Waals surface area contributed by atoms with Crippen LogP contribution in [0.15, 0.2) is 12.2 Å². The smallest absolute Gasteiger partial charge is 0.305 e. The van der Waals surface area contributed by atoms with E-state index in [-0.39, 0.29) is 103 Å². The lowest BCUT2D eigenvalue weighted by molar-refractivity contribution is -0.143. The van der Waals surface area contributed by atoms with E-state index < -0.39 is 345 Å². The van der Waals surface area contributed by atoms with Crippen molar-refractivity contribution in [3.8, 4) is 0 Å². The number of hydrogen-bond donors (Lipinski definition) is 26. The van der Waals surface area contributed by atoms with Gasteiger partial charge in [-0.1, -0.05) is 87.8 Å². The van der Waals surface area contributed by atoms with Crippen LogP contribution in [0.25, 0.3) is 0 Å². The molecule has 50 heteroatoms. The van der Waals surface area contributed by atoms with Crippen LogP contribution in [0.4, 0.5) is 0 Å². The van der Waals surface area contributed by atoms with Gasteiger partial charge in [-0.15, -0.1) is 0 Å². The number of carbonyl (C=O) groups excluding carboxylic acids is 17. The molecule has 139 heavy (non-hydrogen) atoms. The van der Waals surface area contributed by atoms with Gasteiger partial charge in [0, 0.05) is 32.6 Å². The lowest BCUT2D eigenvalue weighted by atomic mass is 9.91. The summed E-state index contributed by atoms with van der Waals surface area (Å²) in [4.78, 5) is 328. The number of carboxylic acids is 7. The molecule has 50 nitrogen and oxygen atoms in total. The van der Waals surface area contributed by atoms with Crippen molar-refractivity contribution in [2.75, 3.05) is 13.1 Å². The fourth-order valence-electron chi connectivity index (χ4n) is 14.6. The van der Waals surface area contributed by atoms with Crippen molar-refractivity contribution in [3.63, 3.8) is 0 Å². The molecule has 1 rings (SSSR count). The second-order valence-corrected chi connectivity index (χ2v) is 36.7. The Morgan fingerprint density at radius 1 is 0.396 bits per heavy atom. The van der Waals surface area contributed by atoms with E-state index in [9.17, 15) is 141 Å². The van der Waals surface area contributed by atoms with E-state index in [0.29, 0.717) is 6.42 Å². The maximum absolute atomic E-state index is 15.3. The third-order valence-electron chi connectivity index (χ3n) is 22.5. The average Bonchev–Trinajstić information content (AvgIpc) is 1.07. The first kappa shape index (κ1) is 124. The van der Waals surface area contributed by atoms with Crippen LogP contribution in [0, 0.1) is 29.6 Å². The van der Waals surface area contributed by atoms with Crippen molar-refractivity contribution in [3.05, 3.63) is 12.2 Å². The van der Waals surface area contributed by atoms with E-state index in [1.807, 2.05) is 0 Å². The van der Waals surface area contributed by atoms with Crippen LogP contribution in [0.1, 0.15) is 263 Å². The van der Waals surface area contributed by atoms with E-state index >= 15 is 9.59 Å². The first-order valence-corrected chi connectivity index (χ1v) is 46.6. The van der Waals surface area contributed by atoms with Crippen LogP contribution in [-0.4, -0.2) is 287 Å². The van der Waals surface area contributed by atoms with Gasteiger partial charge in [-0.3, -0.25) is 115 Å². The third kappa shape index (κ3) is 48.2. The minimum Gasteiger partial charge on any atom is -0.481 e. The zero-order valence-electron chi connectivity index (χ0n) is 81.3. The summed E-state index contributed by atoms with van der Waals surface area (Å²) in [7, 11) is 0. The molecule has 1 aliphatic heterocycles. The molecule has 0 bridgehead atoms. The normalized spacial score (nSPS) is 19.6. The number of unbranched alkanes of at least 4 members (excludes halogenated alkanes) is 2. The quantitative estimate of drug-likeness (QED) is 0.0212. The summed E-state index contributed by atoms with van der Waals surface area (Å²) in [5.74, 6) is -32.9. The molecule has 17 amide bonds. The zero-order chi connectivity index (χ0) is 106. The number of carboxylic acid groups (broad SMARTS) is 7. The highest BCUT2D eigenvalue weighted by atomic mass is 16.4. The van der Waals surface area contributed by atoms with Gasteiger partial charge in [-0.25, -0.2) is 0 Å². The molecule has 0 aliphatic carbocycles. The Labute approximate surface area is 805 Å². The molecule has 0 radical (unpaired) electrons. The number of aliphatic carboxylic acids is 7. The van der Waals surface area contributed by atoms with Gasteiger partial charge in [0.05, 0.1) is 19.3 Å². The highest BCUT2D eigenvalue weighted by molar-refractivity contribution is 6.03. The van der Waals surface area contributed by atoms with E-state index in [2.05, 4.69) is 85.1 Å². The van der Waals surface area contributed by atoms with Gasteiger partial charge in [0.25, 0.3) is 0 Å². The van der Waals surface area contributed by atoms with Gasteiger partial charge < -0.3 is 138 Å². The van der Waals surface area contributed by atoms with E-state index in [1.165, 1.54) is 13.8 Å². The summed E-state index contributed by atoms with van der Waals surface area (Å²) in [5.41, 5.74) is 12.4. The minimum atomic E-state index is -2.29. The van der Waals surface area contributed by atoms with Crippen molar-refractivity contribution >= 4 is 142 Å². The number of hydrogen-bond acceptors (Lipinski definition) is 26. The Bertz CT molecular complexity index is 4300. The molecule has 1 aliphatic rings. The molecule has 0 aromatic rings. The Morgan fingerprint density at radius 3 is 1.15 bits per heavy atom. The molecule has 0 aromatic heterocycles. The SMILES string of the molecule is CC[C@H](C)[C@H](NC(C)=O)C(=O)N[C@H](C(=O)N[C@@H](CCC(=O)O)C(=O)N[C@@H](CC(C)C)C(=O)N[C@@H](CCC(=O)O)C(=O)N[C@]1(C)CCC/C=C\CCC[C@](C)(C(=O)N[C@@H](CC(C)C)C(=O)N[C@@H](CCCCN)C(=O)N[C@@H](CC(=O)O)C(=O)N[C@@H](CCC(=O)O)C(=O)N[C@@H](CCCCN)C(=O)N[C@@H](CCC(=O)O)C(N)=O)NC(=O)[C@H](CC(=O)O)NC(=O)[C@H](CC(C)C)NC(=O)[C@H](CC(=O)O)NC1=O)C(C)C. The summed E-state index contributed by atoms with van der Waals surface area (Å²) in [5, 5.41) is 108. The van der Waals surface area contributed by atoms with Gasteiger partial charge in [0.1, 0.15) is 95.7 Å². The maximum atomic E-state index is 15.3. The predicted octanol–water partition coefficient (Wildman–Crippen LogP) is -3.08. The van der Waals surface area contributed by atoms with Crippen molar-refractivity contribution in [2.24, 2.45) is 46.8 Å². The molecule has 0 fully saturated rings. The largest absolute Gasteiger partial charge is 0.481 e. The number of nitrogens with two attached hydrogens (primary N) is 3. The third-order valence-corrected chi connectivity index (χ3v) is 22.5. The Morgan fingerprint density at radius 2 is 0.755 bits per heavy atom. The van der Waals surface area contributed by atoms with Crippen molar-refractivity contribution in [2.45, 2.75) is 359 Å². The molecule has 0 saturated heterocycles. The minimum absolute atomic E-state index is 0.0178. The number of primary amides is 1. The van der Waals surface area contributed by atoms with Crippen LogP contribution < -0.4 is 102 Å². The average molecular weight is 1980 g/mol. The van der Waals surface area contributed by atoms with Gasteiger partial charge in [0.2, 0.25) is 100 Å². The monoisotopic (exact) mass is 1980 g/mol. The number of amides is 17. The van der Waals surface area contributed by atoms with Crippen LogP contribution in [0.5, 0.6) is 0 Å². The summed E-state index contributed by atoms with van der Waals surface area (Å²) in [6.45, 7) is 19.8. The molecule has 784 valence electrons. The van der Waals surface area contributed by atoms with Gasteiger partial charge in [-0.05, 0) is 179 Å². The molecular weight excluding hydrogens is 1830 g/mol. The van der Waals surface area contributed by atoms with Gasteiger partial charge in [0.15, 0.2) is 0 Å². The Kier molecular flexibility index (Phi) is 55.9. The number of carbonyl (C=O) groups is 24. The summed E-state index contributed by atoms with van der Waals surface area (Å²) in [6, 6.07) is -24.5. The summed E-state index contributed by atoms with van der Waals surface area (Å²) < 4.78 is 0. The van der Waals surface area contributed by atoms with Gasteiger partial charge in [-0.2, -0.15) is 0 Å². The number of allylic oxidation sites excluding steroid dienone is 2.